The van der Waals surface area contributed by atoms with E-state index in [1.54, 1.807) is 0 Å². The third-order valence-electron chi connectivity index (χ3n) is 2.76. The molecule has 0 bridgehead atoms. The Balaban J connectivity index is 0. The maximum Gasteiger partial charge on any atom is 1.00 e. The molecule has 3 nitrogen and oxygen atoms in total. The van der Waals surface area contributed by atoms with E-state index in [9.17, 15) is 26.1 Å². The summed E-state index contributed by atoms with van der Waals surface area (Å²) in [5.41, 5.74) is 0. The van der Waals surface area contributed by atoms with E-state index in [2.05, 4.69) is 6.92 Å². The van der Waals surface area contributed by atoms with Crippen molar-refractivity contribution < 1.29 is 77.5 Å². The van der Waals surface area contributed by atoms with Gasteiger partial charge in [-0.2, -0.15) is 8.78 Å². The summed E-state index contributed by atoms with van der Waals surface area (Å²) >= 11 is 0. The Hall–Kier alpha value is 1.34. The predicted molar refractivity (Wildman–Crippen MR) is 62.2 cm³/mol. The Morgan fingerprint density at radius 3 is 1.89 bits per heavy atom. The maximum absolute atomic E-state index is 13.0. The van der Waals surface area contributed by atoms with Crippen molar-refractivity contribution >= 4 is 10.1 Å². The molecule has 0 aliphatic heterocycles. The summed E-state index contributed by atoms with van der Waals surface area (Å²) in [7, 11) is -5.91. The molecule has 0 rings (SSSR count). The Kier molecular flexibility index (Phi) is 13.1. The van der Waals surface area contributed by atoms with Crippen molar-refractivity contribution in [1.82, 2.24) is 0 Å². The van der Waals surface area contributed by atoms with Gasteiger partial charge in [0.2, 0.25) is 0 Å². The van der Waals surface area contributed by atoms with Crippen LogP contribution in [0.15, 0.2) is 0 Å². The molecule has 0 saturated heterocycles. The number of halogens is 3. The van der Waals surface area contributed by atoms with Gasteiger partial charge >= 0.3 is 56.6 Å². The summed E-state index contributed by atoms with van der Waals surface area (Å²) < 4.78 is 68.9. The molecule has 0 aliphatic carbocycles. The average molecular weight is 328 g/mol. The van der Waals surface area contributed by atoms with Gasteiger partial charge in [0.25, 0.3) is 0 Å². The molecule has 110 valence electrons. The first-order valence-corrected chi connectivity index (χ1v) is 7.61. The largest absolute Gasteiger partial charge is 1.00 e. The number of rotatable bonds is 10. The van der Waals surface area contributed by atoms with Crippen LogP contribution >= 0.6 is 0 Å². The fraction of sp³-hybridized carbons (Fsp3) is 1.00. The zero-order valence-corrected chi connectivity index (χ0v) is 15.4. The molecule has 0 saturated carbocycles. The van der Waals surface area contributed by atoms with Crippen molar-refractivity contribution in [1.29, 1.82) is 0 Å². The summed E-state index contributed by atoms with van der Waals surface area (Å²) in [6.07, 6.45) is 2.26. The van der Waals surface area contributed by atoms with Gasteiger partial charge in [-0.1, -0.05) is 51.9 Å². The second-order valence-electron chi connectivity index (χ2n) is 4.39. The minimum atomic E-state index is -5.91. The molecule has 8 heteroatoms. The molecule has 0 amide bonds. The standard InChI is InChI=1S/C11H21F3O3S.K/c1-2-3-4-5-6-7-8-9-10(12)11(13,14)18(15,16)17;/h10H,2-9H2,1H3,(H,15,16,17);/q;+1/p-1. The second-order valence-corrected chi connectivity index (χ2v) is 5.85. The summed E-state index contributed by atoms with van der Waals surface area (Å²) in [6, 6.07) is 0. The molecule has 0 N–H and O–H groups in total. The van der Waals surface area contributed by atoms with Crippen LogP contribution in [0.25, 0.3) is 0 Å². The SMILES string of the molecule is CCCCCCCCCC(F)C(F)(F)S(=O)(=O)[O-].[K+]. The van der Waals surface area contributed by atoms with Crippen LogP contribution in [0.1, 0.15) is 58.3 Å². The van der Waals surface area contributed by atoms with Crippen molar-refractivity contribution in [2.45, 2.75) is 69.7 Å². The first-order valence-electron chi connectivity index (χ1n) is 6.20. The fourth-order valence-corrected chi connectivity index (χ4v) is 2.04. The van der Waals surface area contributed by atoms with E-state index in [1.807, 2.05) is 0 Å². The quantitative estimate of drug-likeness (QED) is 0.335. The van der Waals surface area contributed by atoms with E-state index in [0.717, 1.165) is 32.1 Å². The van der Waals surface area contributed by atoms with E-state index < -0.39 is 28.0 Å². The van der Waals surface area contributed by atoms with Gasteiger partial charge in [0, 0.05) is 0 Å². The Labute approximate surface area is 155 Å². The van der Waals surface area contributed by atoms with Crippen molar-refractivity contribution in [3.05, 3.63) is 0 Å². The second kappa shape index (κ2) is 11.0. The zero-order valence-electron chi connectivity index (χ0n) is 11.5. The van der Waals surface area contributed by atoms with Gasteiger partial charge < -0.3 is 4.55 Å². The monoisotopic (exact) mass is 328 g/mol. The fourth-order valence-electron chi connectivity index (χ4n) is 1.61. The Morgan fingerprint density at radius 1 is 1.05 bits per heavy atom. The number of unbranched alkanes of at least 4 members (excludes halogenated alkanes) is 6. The summed E-state index contributed by atoms with van der Waals surface area (Å²) in [4.78, 5) is 0. The molecule has 0 aromatic rings. The van der Waals surface area contributed by atoms with Gasteiger partial charge in [0.05, 0.1) is 0 Å². The molecule has 0 aliphatic rings. The summed E-state index contributed by atoms with van der Waals surface area (Å²) in [6.45, 7) is 2.07. The van der Waals surface area contributed by atoms with Gasteiger partial charge in [-0.15, -0.1) is 0 Å². The molecular weight excluding hydrogens is 308 g/mol. The van der Waals surface area contributed by atoms with Gasteiger partial charge in [0.15, 0.2) is 16.3 Å². The van der Waals surface area contributed by atoms with Crippen molar-refractivity contribution in [2.24, 2.45) is 0 Å². The van der Waals surface area contributed by atoms with Gasteiger partial charge in [-0.3, -0.25) is 0 Å². The topological polar surface area (TPSA) is 57.2 Å². The number of hydrogen-bond donors (Lipinski definition) is 0. The number of alkyl halides is 3. The normalized spacial score (nSPS) is 13.9. The zero-order chi connectivity index (χ0) is 14.2. The van der Waals surface area contributed by atoms with Crippen LogP contribution in [-0.4, -0.2) is 24.4 Å². The molecule has 0 aromatic carbocycles. The minimum absolute atomic E-state index is 0. The third-order valence-corrected chi connectivity index (χ3v) is 3.68. The first-order chi connectivity index (χ1) is 8.23. The molecule has 1 unspecified atom stereocenters. The van der Waals surface area contributed by atoms with Crippen molar-refractivity contribution in [2.75, 3.05) is 0 Å². The van der Waals surface area contributed by atoms with E-state index in [0.29, 0.717) is 6.42 Å². The van der Waals surface area contributed by atoms with Gasteiger partial charge in [0.1, 0.15) is 0 Å². The molecular formula is C11H20F3KO3S. The predicted octanol–water partition coefficient (Wildman–Crippen LogP) is 0.607. The van der Waals surface area contributed by atoms with Crippen LogP contribution in [0.3, 0.4) is 0 Å². The van der Waals surface area contributed by atoms with E-state index in [4.69, 9.17) is 0 Å². The molecule has 19 heavy (non-hydrogen) atoms. The van der Waals surface area contributed by atoms with Crippen LogP contribution in [0.2, 0.25) is 0 Å². The minimum Gasteiger partial charge on any atom is -0.743 e. The van der Waals surface area contributed by atoms with Crippen molar-refractivity contribution in [3.8, 4) is 0 Å². The molecule has 1 atom stereocenters. The molecule has 0 heterocycles. The van der Waals surface area contributed by atoms with E-state index in [-0.39, 0.29) is 57.8 Å². The van der Waals surface area contributed by atoms with Crippen LogP contribution in [0.5, 0.6) is 0 Å². The van der Waals surface area contributed by atoms with Crippen LogP contribution < -0.4 is 51.4 Å². The Bertz CT molecular complexity index is 323. The van der Waals surface area contributed by atoms with E-state index in [1.165, 1.54) is 0 Å². The summed E-state index contributed by atoms with van der Waals surface area (Å²) in [5.74, 6) is 0. The van der Waals surface area contributed by atoms with E-state index >= 15 is 0 Å². The smallest absolute Gasteiger partial charge is 0.743 e. The third kappa shape index (κ3) is 9.05. The Morgan fingerprint density at radius 2 is 1.47 bits per heavy atom. The number of hydrogen-bond acceptors (Lipinski definition) is 3. The summed E-state index contributed by atoms with van der Waals surface area (Å²) in [5, 5.41) is -4.81. The van der Waals surface area contributed by atoms with Crippen LogP contribution in [-0.2, 0) is 10.1 Å². The first kappa shape index (κ1) is 22.6. The van der Waals surface area contributed by atoms with Crippen LogP contribution in [0, 0.1) is 0 Å². The molecule has 0 radical (unpaired) electrons. The molecule has 0 aromatic heterocycles. The van der Waals surface area contributed by atoms with Crippen molar-refractivity contribution in [3.63, 3.8) is 0 Å². The van der Waals surface area contributed by atoms with Gasteiger partial charge in [-0.05, 0) is 6.42 Å². The average Bonchev–Trinajstić information content (AvgIpc) is 2.26. The maximum atomic E-state index is 13.0. The van der Waals surface area contributed by atoms with Gasteiger partial charge in [-0.25, -0.2) is 12.8 Å². The molecule has 0 spiro atoms. The van der Waals surface area contributed by atoms with Crippen LogP contribution in [0.4, 0.5) is 13.2 Å². The molecule has 0 fully saturated rings.